The fourth-order valence-electron chi connectivity index (χ4n) is 3.30. The molecule has 0 saturated heterocycles. The molecule has 1 N–H and O–H groups in total. The van der Waals surface area contributed by atoms with Gasteiger partial charge in [-0.2, -0.15) is 0 Å². The zero-order valence-corrected chi connectivity index (χ0v) is 13.1. The summed E-state index contributed by atoms with van der Waals surface area (Å²) < 4.78 is 6.37. The summed E-state index contributed by atoms with van der Waals surface area (Å²) in [5.74, 6) is 2.08. The first-order valence-corrected chi connectivity index (χ1v) is 7.26. The van der Waals surface area contributed by atoms with Crippen molar-refractivity contribution in [1.82, 2.24) is 0 Å². The highest BCUT2D eigenvalue weighted by atomic mass is 16.5. The highest BCUT2D eigenvalue weighted by Crippen LogP contribution is 2.44. The molecule has 0 bridgehead atoms. The first-order chi connectivity index (χ1) is 8.75. The van der Waals surface area contributed by atoms with Gasteiger partial charge in [0.2, 0.25) is 0 Å². The van der Waals surface area contributed by atoms with Gasteiger partial charge in [0, 0.05) is 5.56 Å². The molecule has 1 aromatic carbocycles. The zero-order valence-electron chi connectivity index (χ0n) is 13.1. The maximum Gasteiger partial charge on any atom is 0.127 e. The zero-order chi connectivity index (χ0) is 14.4. The number of fused-ring (bicyclic) bond motifs is 1. The van der Waals surface area contributed by atoms with Crippen LogP contribution < -0.4 is 4.74 Å². The van der Waals surface area contributed by atoms with Crippen molar-refractivity contribution in [3.63, 3.8) is 0 Å². The van der Waals surface area contributed by atoms with E-state index >= 15 is 0 Å². The van der Waals surface area contributed by atoms with Crippen molar-refractivity contribution in [1.29, 1.82) is 0 Å². The summed E-state index contributed by atoms with van der Waals surface area (Å²) >= 11 is 0. The summed E-state index contributed by atoms with van der Waals surface area (Å²) in [6, 6.07) is 0. The summed E-state index contributed by atoms with van der Waals surface area (Å²) in [4.78, 5) is 0. The molecule has 1 atom stereocenters. The largest absolute Gasteiger partial charge is 0.507 e. The predicted molar refractivity (Wildman–Crippen MR) is 79.1 cm³/mol. The van der Waals surface area contributed by atoms with Crippen molar-refractivity contribution in [2.24, 2.45) is 5.92 Å². The lowest BCUT2D eigenvalue weighted by atomic mass is 9.83. The first kappa shape index (κ1) is 14.2. The molecule has 1 aliphatic heterocycles. The maximum atomic E-state index is 10.2. The van der Waals surface area contributed by atoms with E-state index in [9.17, 15) is 5.11 Å². The average molecular weight is 262 g/mol. The van der Waals surface area contributed by atoms with Gasteiger partial charge in [0.15, 0.2) is 0 Å². The molecular weight excluding hydrogens is 236 g/mol. The van der Waals surface area contributed by atoms with Gasteiger partial charge < -0.3 is 9.84 Å². The summed E-state index contributed by atoms with van der Waals surface area (Å²) in [5, 5.41) is 10.2. The molecule has 0 fully saturated rings. The Morgan fingerprint density at radius 1 is 1.16 bits per heavy atom. The topological polar surface area (TPSA) is 29.5 Å². The number of hydrogen-bond donors (Lipinski definition) is 1. The van der Waals surface area contributed by atoms with Gasteiger partial charge >= 0.3 is 0 Å². The lowest BCUT2D eigenvalue weighted by Crippen LogP contribution is -2.38. The number of phenolic OH excluding ortho intramolecular Hbond substituents is 1. The van der Waals surface area contributed by atoms with Crippen molar-refractivity contribution < 1.29 is 9.84 Å². The van der Waals surface area contributed by atoms with Crippen molar-refractivity contribution in [2.45, 2.75) is 66.4 Å². The molecule has 0 radical (unpaired) electrons. The Morgan fingerprint density at radius 2 is 1.79 bits per heavy atom. The Morgan fingerprint density at radius 3 is 2.37 bits per heavy atom. The van der Waals surface area contributed by atoms with Crippen LogP contribution in [0.5, 0.6) is 11.5 Å². The monoisotopic (exact) mass is 262 g/mol. The second-order valence-electron chi connectivity index (χ2n) is 6.68. The van der Waals surface area contributed by atoms with Crippen molar-refractivity contribution in [3.05, 3.63) is 22.3 Å². The van der Waals surface area contributed by atoms with Crippen LogP contribution in [-0.2, 0) is 6.42 Å². The van der Waals surface area contributed by atoms with E-state index in [1.54, 1.807) is 0 Å². The molecule has 0 aliphatic carbocycles. The van der Waals surface area contributed by atoms with Crippen LogP contribution in [0.1, 0.15) is 55.9 Å². The number of aromatic hydroxyl groups is 1. The number of phenols is 1. The minimum Gasteiger partial charge on any atom is -0.507 e. The van der Waals surface area contributed by atoms with Gasteiger partial charge in [0.05, 0.1) is 0 Å². The van der Waals surface area contributed by atoms with Gasteiger partial charge in [-0.1, -0.05) is 13.8 Å². The predicted octanol–water partition coefficient (Wildman–Crippen LogP) is 4.45. The summed E-state index contributed by atoms with van der Waals surface area (Å²) in [5.41, 5.74) is 4.16. The van der Waals surface area contributed by atoms with Crippen LogP contribution in [0, 0.1) is 26.7 Å². The highest BCUT2D eigenvalue weighted by Gasteiger charge is 2.34. The van der Waals surface area contributed by atoms with Crippen LogP contribution in [0.2, 0.25) is 0 Å². The van der Waals surface area contributed by atoms with Crippen molar-refractivity contribution >= 4 is 0 Å². The molecule has 106 valence electrons. The maximum absolute atomic E-state index is 10.2. The first-order valence-electron chi connectivity index (χ1n) is 7.26. The minimum absolute atomic E-state index is 0.0677. The molecule has 1 heterocycles. The van der Waals surface area contributed by atoms with Crippen molar-refractivity contribution in [2.75, 3.05) is 0 Å². The molecule has 19 heavy (non-hydrogen) atoms. The highest BCUT2D eigenvalue weighted by molar-refractivity contribution is 5.58. The van der Waals surface area contributed by atoms with Gasteiger partial charge in [-0.15, -0.1) is 0 Å². The van der Waals surface area contributed by atoms with E-state index in [0.29, 0.717) is 11.7 Å². The second-order valence-corrected chi connectivity index (χ2v) is 6.68. The van der Waals surface area contributed by atoms with E-state index in [1.165, 1.54) is 5.56 Å². The molecule has 2 rings (SSSR count). The molecule has 1 aromatic rings. The molecule has 0 spiro atoms. The van der Waals surface area contributed by atoms with Gasteiger partial charge in [0.1, 0.15) is 17.1 Å². The molecule has 0 aromatic heterocycles. The normalized spacial score (nSPS) is 22.3. The standard InChI is InChI=1S/C17H26O2/c1-10(2)9-17(6)8-7-14-13(5)15(18)11(3)12(4)16(14)19-17/h10,18H,7-9H2,1-6H3/t17-/m0/s1. The smallest absolute Gasteiger partial charge is 0.127 e. The van der Waals surface area contributed by atoms with E-state index in [2.05, 4.69) is 27.7 Å². The summed E-state index contributed by atoms with van der Waals surface area (Å²) in [6.07, 6.45) is 3.10. The van der Waals surface area contributed by atoms with E-state index < -0.39 is 0 Å². The number of rotatable bonds is 2. The third-order valence-electron chi connectivity index (χ3n) is 4.43. The minimum atomic E-state index is -0.0677. The third-order valence-corrected chi connectivity index (χ3v) is 4.43. The Labute approximate surface area is 116 Å². The van der Waals surface area contributed by atoms with Crippen LogP contribution in [0.4, 0.5) is 0 Å². The van der Waals surface area contributed by atoms with Crippen LogP contribution >= 0.6 is 0 Å². The number of hydrogen-bond acceptors (Lipinski definition) is 2. The van der Waals surface area contributed by atoms with Gasteiger partial charge in [-0.25, -0.2) is 0 Å². The Balaban J connectivity index is 2.46. The summed E-state index contributed by atoms with van der Waals surface area (Å²) in [7, 11) is 0. The molecule has 0 amide bonds. The van der Waals surface area contributed by atoms with Crippen LogP contribution in [0.3, 0.4) is 0 Å². The molecule has 2 nitrogen and oxygen atoms in total. The van der Waals surface area contributed by atoms with E-state index in [0.717, 1.165) is 41.7 Å². The van der Waals surface area contributed by atoms with E-state index in [4.69, 9.17) is 4.74 Å². The van der Waals surface area contributed by atoms with Crippen LogP contribution in [-0.4, -0.2) is 10.7 Å². The average Bonchev–Trinajstić information content (AvgIpc) is 2.32. The lowest BCUT2D eigenvalue weighted by molar-refractivity contribution is 0.0428. The molecule has 0 saturated carbocycles. The summed E-state index contributed by atoms with van der Waals surface area (Å²) in [6.45, 7) is 12.7. The Hall–Kier alpha value is -1.18. The fourth-order valence-corrected chi connectivity index (χ4v) is 3.30. The van der Waals surface area contributed by atoms with Gasteiger partial charge in [-0.05, 0) is 69.6 Å². The Bertz CT molecular complexity index is 503. The SMILES string of the molecule is Cc1c(C)c2c(c(C)c1O)CC[C@@](C)(CC(C)C)O2. The fraction of sp³-hybridized carbons (Fsp3) is 0.647. The van der Waals surface area contributed by atoms with Crippen LogP contribution in [0.25, 0.3) is 0 Å². The second kappa shape index (κ2) is 4.73. The molecule has 0 unspecified atom stereocenters. The molecule has 1 aliphatic rings. The van der Waals surface area contributed by atoms with Gasteiger partial charge in [-0.3, -0.25) is 0 Å². The number of benzene rings is 1. The van der Waals surface area contributed by atoms with Crippen LogP contribution in [0.15, 0.2) is 0 Å². The Kier molecular flexibility index (Phi) is 3.55. The molecule has 2 heteroatoms. The lowest BCUT2D eigenvalue weighted by Gasteiger charge is -2.39. The van der Waals surface area contributed by atoms with E-state index in [1.807, 2.05) is 13.8 Å². The van der Waals surface area contributed by atoms with E-state index in [-0.39, 0.29) is 5.60 Å². The third kappa shape index (κ3) is 2.45. The quantitative estimate of drug-likeness (QED) is 0.853. The number of ether oxygens (including phenoxy) is 1. The van der Waals surface area contributed by atoms with Gasteiger partial charge in [0.25, 0.3) is 0 Å². The van der Waals surface area contributed by atoms with Crippen molar-refractivity contribution in [3.8, 4) is 11.5 Å². The molecular formula is C17H26O2.